The fourth-order valence-electron chi connectivity index (χ4n) is 2.36. The second-order valence-electron chi connectivity index (χ2n) is 4.58. The molecule has 0 saturated carbocycles. The van der Waals surface area contributed by atoms with Crippen molar-refractivity contribution >= 4 is 27.9 Å². The van der Waals surface area contributed by atoms with E-state index in [9.17, 15) is 0 Å². The van der Waals surface area contributed by atoms with Crippen molar-refractivity contribution < 1.29 is 0 Å². The summed E-state index contributed by atoms with van der Waals surface area (Å²) < 4.78 is 0. The molecule has 0 fully saturated rings. The van der Waals surface area contributed by atoms with Crippen molar-refractivity contribution in [3.05, 3.63) is 48.8 Å². The van der Waals surface area contributed by atoms with Gasteiger partial charge in [-0.1, -0.05) is 12.1 Å². The van der Waals surface area contributed by atoms with Gasteiger partial charge >= 0.3 is 0 Å². The highest BCUT2D eigenvalue weighted by Crippen LogP contribution is 2.28. The maximum atomic E-state index is 5.85. The van der Waals surface area contributed by atoms with Crippen molar-refractivity contribution in [2.24, 2.45) is 0 Å². The zero-order valence-corrected chi connectivity index (χ0v) is 10.5. The summed E-state index contributed by atoms with van der Waals surface area (Å²) in [5.41, 5.74) is 10.1. The summed E-state index contributed by atoms with van der Waals surface area (Å²) in [6.07, 6.45) is 3.61. The molecular weight excluding hydrogens is 250 g/mol. The first-order valence-electron chi connectivity index (χ1n) is 6.27. The molecule has 3 aromatic heterocycles. The lowest BCUT2D eigenvalue weighted by molar-refractivity contribution is 1.29. The fourth-order valence-corrected chi connectivity index (χ4v) is 2.36. The quantitative estimate of drug-likeness (QED) is 0.552. The number of nitrogens with zero attached hydrogens (tertiary/aromatic N) is 3. The van der Waals surface area contributed by atoms with Crippen molar-refractivity contribution in [2.45, 2.75) is 0 Å². The van der Waals surface area contributed by atoms with Crippen LogP contribution >= 0.6 is 0 Å². The Morgan fingerprint density at radius 1 is 1.00 bits per heavy atom. The number of pyridine rings is 1. The summed E-state index contributed by atoms with van der Waals surface area (Å²) in [4.78, 5) is 16.4. The zero-order chi connectivity index (χ0) is 13.5. The van der Waals surface area contributed by atoms with Gasteiger partial charge in [0.05, 0.1) is 22.9 Å². The number of hydrogen-bond acceptors (Lipinski definition) is 4. The van der Waals surface area contributed by atoms with Gasteiger partial charge in [-0.3, -0.25) is 4.98 Å². The molecule has 5 nitrogen and oxygen atoms in total. The molecule has 0 atom stereocenters. The molecule has 0 aliphatic heterocycles. The number of aromatic amines is 1. The second-order valence-corrected chi connectivity index (χ2v) is 4.58. The van der Waals surface area contributed by atoms with Crippen LogP contribution in [0.15, 0.2) is 48.8 Å². The van der Waals surface area contributed by atoms with E-state index in [2.05, 4.69) is 19.9 Å². The number of nitrogens with two attached hydrogens (primary N) is 1. The first-order chi connectivity index (χ1) is 9.81. The van der Waals surface area contributed by atoms with Gasteiger partial charge in [0.25, 0.3) is 0 Å². The minimum atomic E-state index is 0.463. The van der Waals surface area contributed by atoms with Gasteiger partial charge < -0.3 is 10.7 Å². The van der Waals surface area contributed by atoms with Gasteiger partial charge in [-0.25, -0.2) is 9.97 Å². The maximum Gasteiger partial charge on any atom is 0.140 e. The Morgan fingerprint density at radius 2 is 1.85 bits per heavy atom. The Kier molecular flexibility index (Phi) is 2.20. The number of rotatable bonds is 1. The van der Waals surface area contributed by atoms with Crippen molar-refractivity contribution in [1.82, 2.24) is 19.9 Å². The molecule has 5 heteroatoms. The minimum absolute atomic E-state index is 0.463. The van der Waals surface area contributed by atoms with E-state index in [1.807, 2.05) is 42.6 Å². The number of para-hydroxylation sites is 2. The topological polar surface area (TPSA) is 80.5 Å². The molecule has 20 heavy (non-hydrogen) atoms. The molecule has 0 amide bonds. The Balaban J connectivity index is 2.02. The van der Waals surface area contributed by atoms with Crippen LogP contribution < -0.4 is 5.73 Å². The minimum Gasteiger partial charge on any atom is -0.384 e. The fraction of sp³-hybridized carbons (Fsp3) is 0. The summed E-state index contributed by atoms with van der Waals surface area (Å²) in [6.45, 7) is 0. The number of nitrogens with one attached hydrogen (secondary N) is 1. The summed E-state index contributed by atoms with van der Waals surface area (Å²) in [5, 5.41) is 0.990. The van der Waals surface area contributed by atoms with Crippen LogP contribution in [0.3, 0.4) is 0 Å². The van der Waals surface area contributed by atoms with Crippen LogP contribution in [-0.4, -0.2) is 19.9 Å². The molecule has 4 rings (SSSR count). The Bertz CT molecular complexity index is 926. The van der Waals surface area contributed by atoms with Crippen LogP contribution in [0, 0.1) is 0 Å². The van der Waals surface area contributed by atoms with Gasteiger partial charge in [-0.05, 0) is 24.3 Å². The average molecular weight is 261 g/mol. The summed E-state index contributed by atoms with van der Waals surface area (Å²) in [6, 6.07) is 11.6. The molecular formula is C15H11N5. The van der Waals surface area contributed by atoms with Crippen LogP contribution in [0.1, 0.15) is 0 Å². The SMILES string of the molecule is Nc1cc(-c2cnc3ccccc3n2)c2cc[nH]c2n1. The lowest BCUT2D eigenvalue weighted by Crippen LogP contribution is -1.94. The van der Waals surface area contributed by atoms with E-state index in [4.69, 9.17) is 5.73 Å². The van der Waals surface area contributed by atoms with Crippen LogP contribution in [0.25, 0.3) is 33.3 Å². The standard InChI is InChI=1S/C15H11N5/c16-14-7-10(9-5-6-17-15(9)20-14)13-8-18-11-3-1-2-4-12(11)19-13/h1-8H,(H3,16,17,20). The molecule has 1 aromatic carbocycles. The van der Waals surface area contributed by atoms with E-state index < -0.39 is 0 Å². The molecule has 0 saturated heterocycles. The highest BCUT2D eigenvalue weighted by Gasteiger charge is 2.09. The molecule has 0 spiro atoms. The summed E-state index contributed by atoms with van der Waals surface area (Å²) in [5.74, 6) is 0.463. The molecule has 96 valence electrons. The summed E-state index contributed by atoms with van der Waals surface area (Å²) in [7, 11) is 0. The second kappa shape index (κ2) is 4.03. The van der Waals surface area contributed by atoms with Crippen molar-refractivity contribution in [3.63, 3.8) is 0 Å². The van der Waals surface area contributed by atoms with E-state index in [-0.39, 0.29) is 0 Å². The number of H-pyrrole nitrogens is 1. The molecule has 4 aromatic rings. The molecule has 0 unspecified atom stereocenters. The maximum absolute atomic E-state index is 5.85. The van der Waals surface area contributed by atoms with E-state index in [1.165, 1.54) is 0 Å². The lowest BCUT2D eigenvalue weighted by atomic mass is 10.1. The lowest BCUT2D eigenvalue weighted by Gasteiger charge is -2.05. The van der Waals surface area contributed by atoms with Gasteiger partial charge in [0, 0.05) is 17.1 Å². The largest absolute Gasteiger partial charge is 0.384 e. The third-order valence-electron chi connectivity index (χ3n) is 3.27. The van der Waals surface area contributed by atoms with Crippen LogP contribution in [0.4, 0.5) is 5.82 Å². The first kappa shape index (κ1) is 10.9. The number of hydrogen-bond donors (Lipinski definition) is 2. The third-order valence-corrected chi connectivity index (χ3v) is 3.27. The molecule has 0 aliphatic rings. The van der Waals surface area contributed by atoms with Gasteiger partial charge in [0.2, 0.25) is 0 Å². The Hall–Kier alpha value is -2.95. The monoisotopic (exact) mass is 261 g/mol. The third kappa shape index (κ3) is 1.60. The average Bonchev–Trinajstić information content (AvgIpc) is 2.94. The smallest absolute Gasteiger partial charge is 0.140 e. The van der Waals surface area contributed by atoms with Crippen LogP contribution in [-0.2, 0) is 0 Å². The van der Waals surface area contributed by atoms with Crippen molar-refractivity contribution in [1.29, 1.82) is 0 Å². The van der Waals surface area contributed by atoms with Gasteiger partial charge in [-0.2, -0.15) is 0 Å². The van der Waals surface area contributed by atoms with Crippen LogP contribution in [0.2, 0.25) is 0 Å². The normalized spacial score (nSPS) is 11.2. The molecule has 0 bridgehead atoms. The predicted molar refractivity (Wildman–Crippen MR) is 79.0 cm³/mol. The molecule has 3 heterocycles. The van der Waals surface area contributed by atoms with E-state index in [1.54, 1.807) is 6.20 Å². The number of anilines is 1. The predicted octanol–water partition coefficient (Wildman–Crippen LogP) is 2.76. The number of aromatic nitrogens is 4. The summed E-state index contributed by atoms with van der Waals surface area (Å²) >= 11 is 0. The van der Waals surface area contributed by atoms with Gasteiger partial charge in [0.1, 0.15) is 11.5 Å². The number of nitrogen functional groups attached to an aromatic ring is 1. The van der Waals surface area contributed by atoms with E-state index >= 15 is 0 Å². The highest BCUT2D eigenvalue weighted by atomic mass is 14.9. The first-order valence-corrected chi connectivity index (χ1v) is 6.27. The van der Waals surface area contributed by atoms with Crippen molar-refractivity contribution in [3.8, 4) is 11.3 Å². The van der Waals surface area contributed by atoms with Crippen LogP contribution in [0.5, 0.6) is 0 Å². The molecule has 0 aliphatic carbocycles. The van der Waals surface area contributed by atoms with E-state index in [0.29, 0.717) is 5.82 Å². The van der Waals surface area contributed by atoms with Gasteiger partial charge in [-0.15, -0.1) is 0 Å². The van der Waals surface area contributed by atoms with Gasteiger partial charge in [0.15, 0.2) is 0 Å². The van der Waals surface area contributed by atoms with E-state index in [0.717, 1.165) is 33.3 Å². The highest BCUT2D eigenvalue weighted by molar-refractivity contribution is 5.94. The van der Waals surface area contributed by atoms with Crippen molar-refractivity contribution in [2.75, 3.05) is 5.73 Å². The molecule has 3 N–H and O–H groups in total. The zero-order valence-electron chi connectivity index (χ0n) is 10.5. The Morgan fingerprint density at radius 3 is 2.75 bits per heavy atom. The Labute approximate surface area is 114 Å². The number of benzene rings is 1. The number of fused-ring (bicyclic) bond motifs is 2. The molecule has 0 radical (unpaired) electrons.